The molecule has 2 nitrogen and oxygen atoms in total. The fraction of sp³-hybridized carbons (Fsp3) is 0.400. The van der Waals surface area contributed by atoms with Crippen molar-refractivity contribution >= 4 is 32.4 Å². The van der Waals surface area contributed by atoms with Crippen molar-refractivity contribution in [2.24, 2.45) is 0 Å². The molecule has 0 atom stereocenters. The number of sulfone groups is 1. The van der Waals surface area contributed by atoms with E-state index < -0.39 is 9.84 Å². The van der Waals surface area contributed by atoms with Crippen molar-refractivity contribution in [3.63, 3.8) is 0 Å². The van der Waals surface area contributed by atoms with E-state index in [9.17, 15) is 8.42 Å². The van der Waals surface area contributed by atoms with Crippen molar-refractivity contribution in [3.8, 4) is 0 Å². The van der Waals surface area contributed by atoms with Crippen molar-refractivity contribution in [2.45, 2.75) is 19.6 Å². The van der Waals surface area contributed by atoms with Gasteiger partial charge in [-0.15, -0.1) is 0 Å². The predicted octanol–water partition coefficient (Wildman–Crippen LogP) is 2.53. The summed E-state index contributed by atoms with van der Waals surface area (Å²) in [6, 6.07) is 5.77. The Kier molecular flexibility index (Phi) is 3.94. The highest BCUT2D eigenvalue weighted by Gasteiger charge is 2.11. The van der Waals surface area contributed by atoms with Crippen molar-refractivity contribution in [3.05, 3.63) is 32.9 Å². The van der Waals surface area contributed by atoms with Crippen molar-refractivity contribution in [1.29, 1.82) is 0 Å². The smallest absolute Gasteiger partial charge is 0.154 e. The maximum Gasteiger partial charge on any atom is 0.154 e. The third-order valence-corrected chi connectivity index (χ3v) is 5.26. The van der Waals surface area contributed by atoms with E-state index in [1.165, 1.54) is 0 Å². The van der Waals surface area contributed by atoms with Gasteiger partial charge in [0.2, 0.25) is 0 Å². The Labute approximate surface area is 98.8 Å². The van der Waals surface area contributed by atoms with Crippen LogP contribution in [-0.2, 0) is 15.6 Å². The minimum absolute atomic E-state index is 0.156. The van der Waals surface area contributed by atoms with Gasteiger partial charge in [0.15, 0.2) is 9.84 Å². The van der Waals surface area contributed by atoms with Gasteiger partial charge in [-0.1, -0.05) is 25.1 Å². The summed E-state index contributed by atoms with van der Waals surface area (Å²) in [6.07, 6.45) is 0. The molecule has 1 rings (SSSR count). The molecular weight excluding hydrogens is 311 g/mol. The Morgan fingerprint density at radius 2 is 2.00 bits per heavy atom. The molecule has 78 valence electrons. The molecule has 4 heteroatoms. The molecule has 0 amide bonds. The molecule has 0 aliphatic heterocycles. The highest BCUT2D eigenvalue weighted by Crippen LogP contribution is 2.18. The lowest BCUT2D eigenvalue weighted by molar-refractivity contribution is 0.596. The van der Waals surface area contributed by atoms with Crippen LogP contribution < -0.4 is 0 Å². The second-order valence-corrected chi connectivity index (χ2v) is 6.66. The molecule has 0 bridgehead atoms. The van der Waals surface area contributed by atoms with E-state index in [2.05, 4.69) is 22.6 Å². The number of hydrogen-bond acceptors (Lipinski definition) is 2. The molecule has 0 fully saturated rings. The molecule has 14 heavy (non-hydrogen) atoms. The summed E-state index contributed by atoms with van der Waals surface area (Å²) in [5, 5.41) is 0. The van der Waals surface area contributed by atoms with Crippen LogP contribution in [0.4, 0.5) is 0 Å². The fourth-order valence-electron chi connectivity index (χ4n) is 1.16. The topological polar surface area (TPSA) is 34.1 Å². The molecule has 1 aromatic rings. The molecule has 0 spiro atoms. The summed E-state index contributed by atoms with van der Waals surface area (Å²) in [4.78, 5) is 0. The number of benzene rings is 1. The molecule has 0 aliphatic carbocycles. The molecule has 0 heterocycles. The quantitative estimate of drug-likeness (QED) is 0.801. The Balaban J connectivity index is 3.05. The van der Waals surface area contributed by atoms with Crippen LogP contribution >= 0.6 is 22.6 Å². The van der Waals surface area contributed by atoms with Gasteiger partial charge in [0.1, 0.15) is 0 Å². The van der Waals surface area contributed by atoms with Crippen molar-refractivity contribution in [2.75, 3.05) is 5.75 Å². The number of rotatable bonds is 3. The van der Waals surface area contributed by atoms with Crippen LogP contribution in [0, 0.1) is 10.5 Å². The first-order chi connectivity index (χ1) is 6.46. The monoisotopic (exact) mass is 324 g/mol. The van der Waals surface area contributed by atoms with Crippen molar-refractivity contribution in [1.82, 2.24) is 0 Å². The van der Waals surface area contributed by atoms with Gasteiger partial charge in [0.05, 0.1) is 5.75 Å². The zero-order valence-electron chi connectivity index (χ0n) is 8.25. The van der Waals surface area contributed by atoms with E-state index >= 15 is 0 Å². The Hall–Kier alpha value is -0.100. The molecule has 0 saturated heterocycles. The van der Waals surface area contributed by atoms with E-state index in [4.69, 9.17) is 0 Å². The lowest BCUT2D eigenvalue weighted by Gasteiger charge is -2.06. The number of halogens is 1. The highest BCUT2D eigenvalue weighted by molar-refractivity contribution is 14.1. The van der Waals surface area contributed by atoms with Crippen LogP contribution in [0.25, 0.3) is 0 Å². The SMILES string of the molecule is CCS(=O)(=O)Cc1cccc(C)c1I. The Morgan fingerprint density at radius 1 is 1.36 bits per heavy atom. The Bertz CT molecular complexity index is 424. The van der Waals surface area contributed by atoms with E-state index in [1.54, 1.807) is 6.92 Å². The second kappa shape index (κ2) is 4.61. The standard InChI is InChI=1S/C10H13IO2S/c1-3-14(12,13)7-9-6-4-5-8(2)10(9)11/h4-6H,3,7H2,1-2H3. The van der Waals surface area contributed by atoms with Gasteiger partial charge in [-0.05, 0) is 40.6 Å². The van der Waals surface area contributed by atoms with Gasteiger partial charge in [-0.2, -0.15) is 0 Å². The summed E-state index contributed by atoms with van der Waals surface area (Å²) in [5.74, 6) is 0.362. The summed E-state index contributed by atoms with van der Waals surface area (Å²) in [5.41, 5.74) is 2.04. The maximum absolute atomic E-state index is 11.4. The van der Waals surface area contributed by atoms with Gasteiger partial charge >= 0.3 is 0 Å². The largest absolute Gasteiger partial charge is 0.229 e. The molecule has 0 N–H and O–H groups in total. The molecular formula is C10H13IO2S. The zero-order valence-corrected chi connectivity index (χ0v) is 11.2. The van der Waals surface area contributed by atoms with Crippen LogP contribution in [-0.4, -0.2) is 14.2 Å². The van der Waals surface area contributed by atoms with Crippen LogP contribution in [0.2, 0.25) is 0 Å². The minimum Gasteiger partial charge on any atom is -0.229 e. The van der Waals surface area contributed by atoms with E-state index in [0.29, 0.717) is 0 Å². The minimum atomic E-state index is -2.92. The maximum atomic E-state index is 11.4. The summed E-state index contributed by atoms with van der Waals surface area (Å²) >= 11 is 2.20. The Morgan fingerprint density at radius 3 is 2.57 bits per heavy atom. The van der Waals surface area contributed by atoms with E-state index in [0.717, 1.165) is 14.7 Å². The first-order valence-electron chi connectivity index (χ1n) is 4.40. The summed E-state index contributed by atoms with van der Waals surface area (Å²) in [7, 11) is -2.92. The second-order valence-electron chi connectivity index (χ2n) is 3.22. The van der Waals surface area contributed by atoms with Gasteiger partial charge in [0, 0.05) is 9.32 Å². The zero-order chi connectivity index (χ0) is 10.8. The van der Waals surface area contributed by atoms with E-state index in [1.807, 2.05) is 25.1 Å². The first kappa shape index (κ1) is 12.0. The van der Waals surface area contributed by atoms with Crippen LogP contribution in [0.1, 0.15) is 18.1 Å². The van der Waals surface area contributed by atoms with Crippen LogP contribution in [0.5, 0.6) is 0 Å². The third kappa shape index (κ3) is 2.95. The normalized spacial score (nSPS) is 11.6. The summed E-state index contributed by atoms with van der Waals surface area (Å²) < 4.78 is 23.9. The molecule has 0 aromatic heterocycles. The van der Waals surface area contributed by atoms with Crippen LogP contribution in [0.3, 0.4) is 0 Å². The van der Waals surface area contributed by atoms with Gasteiger partial charge in [-0.25, -0.2) is 8.42 Å². The predicted molar refractivity (Wildman–Crippen MR) is 67.1 cm³/mol. The van der Waals surface area contributed by atoms with Gasteiger partial charge in [-0.3, -0.25) is 0 Å². The fourth-order valence-corrected chi connectivity index (χ4v) is 2.89. The molecule has 1 aromatic carbocycles. The van der Waals surface area contributed by atoms with Gasteiger partial charge < -0.3 is 0 Å². The summed E-state index contributed by atoms with van der Waals surface area (Å²) in [6.45, 7) is 3.67. The lowest BCUT2D eigenvalue weighted by atomic mass is 10.2. The van der Waals surface area contributed by atoms with Gasteiger partial charge in [0.25, 0.3) is 0 Å². The molecule has 0 saturated carbocycles. The number of hydrogen-bond donors (Lipinski definition) is 0. The lowest BCUT2D eigenvalue weighted by Crippen LogP contribution is -2.08. The molecule has 0 aliphatic rings. The molecule has 0 radical (unpaired) electrons. The highest BCUT2D eigenvalue weighted by atomic mass is 127. The van der Waals surface area contributed by atoms with E-state index in [-0.39, 0.29) is 11.5 Å². The average molecular weight is 324 g/mol. The third-order valence-electron chi connectivity index (χ3n) is 2.09. The van der Waals surface area contributed by atoms with Crippen LogP contribution in [0.15, 0.2) is 18.2 Å². The first-order valence-corrected chi connectivity index (χ1v) is 7.30. The molecule has 0 unspecified atom stereocenters. The number of aryl methyl sites for hydroxylation is 1. The van der Waals surface area contributed by atoms with Crippen molar-refractivity contribution < 1.29 is 8.42 Å². The average Bonchev–Trinajstić information content (AvgIpc) is 2.13.